The van der Waals surface area contributed by atoms with E-state index in [1.165, 1.54) is 6.20 Å². The van der Waals surface area contributed by atoms with Gasteiger partial charge < -0.3 is 10.0 Å². The lowest BCUT2D eigenvalue weighted by molar-refractivity contribution is -0.142. The standard InChI is InChI=1S/C10H13N3O3/c1-6-7(10(15)16)3-5-13(6)9(14)8-2-4-11-12-8/h2,4,6-7H,3,5H2,1H3,(H,11,12)(H,15,16). The van der Waals surface area contributed by atoms with E-state index in [2.05, 4.69) is 10.2 Å². The Kier molecular flexibility index (Phi) is 2.64. The van der Waals surface area contributed by atoms with E-state index in [9.17, 15) is 9.59 Å². The summed E-state index contributed by atoms with van der Waals surface area (Å²) in [4.78, 5) is 24.4. The van der Waals surface area contributed by atoms with Crippen LogP contribution in [0.2, 0.25) is 0 Å². The van der Waals surface area contributed by atoms with E-state index in [1.54, 1.807) is 17.9 Å². The Hall–Kier alpha value is -1.85. The monoisotopic (exact) mass is 223 g/mol. The minimum absolute atomic E-state index is 0.186. The van der Waals surface area contributed by atoms with Gasteiger partial charge in [0.1, 0.15) is 5.69 Å². The van der Waals surface area contributed by atoms with Crippen LogP contribution < -0.4 is 0 Å². The van der Waals surface area contributed by atoms with Crippen LogP contribution in [0.5, 0.6) is 0 Å². The molecule has 6 heteroatoms. The molecule has 2 atom stereocenters. The lowest BCUT2D eigenvalue weighted by atomic mass is 10.0. The van der Waals surface area contributed by atoms with Crippen LogP contribution in [-0.4, -0.2) is 44.7 Å². The highest BCUT2D eigenvalue weighted by molar-refractivity contribution is 5.93. The van der Waals surface area contributed by atoms with Crippen LogP contribution in [0.4, 0.5) is 0 Å². The number of nitrogens with one attached hydrogen (secondary N) is 1. The number of amides is 1. The molecule has 0 bridgehead atoms. The number of carbonyl (C=O) groups excluding carboxylic acids is 1. The molecule has 0 aromatic carbocycles. The van der Waals surface area contributed by atoms with Crippen molar-refractivity contribution in [3.63, 3.8) is 0 Å². The minimum Gasteiger partial charge on any atom is -0.481 e. The fourth-order valence-electron chi connectivity index (χ4n) is 2.09. The molecule has 2 N–H and O–H groups in total. The predicted octanol–water partition coefficient (Wildman–Crippen LogP) is 0.345. The average molecular weight is 223 g/mol. The van der Waals surface area contributed by atoms with Gasteiger partial charge in [-0.1, -0.05) is 0 Å². The van der Waals surface area contributed by atoms with Gasteiger partial charge in [-0.3, -0.25) is 14.7 Å². The van der Waals surface area contributed by atoms with E-state index < -0.39 is 11.9 Å². The molecule has 1 aliphatic rings. The van der Waals surface area contributed by atoms with Crippen molar-refractivity contribution >= 4 is 11.9 Å². The molecule has 0 aliphatic carbocycles. The predicted molar refractivity (Wildman–Crippen MR) is 54.8 cm³/mol. The first-order valence-corrected chi connectivity index (χ1v) is 5.14. The van der Waals surface area contributed by atoms with Crippen LogP contribution in [0.25, 0.3) is 0 Å². The number of likely N-dealkylation sites (tertiary alicyclic amines) is 1. The normalized spacial score (nSPS) is 24.7. The number of H-pyrrole nitrogens is 1. The van der Waals surface area contributed by atoms with Crippen molar-refractivity contribution in [2.75, 3.05) is 6.54 Å². The summed E-state index contributed by atoms with van der Waals surface area (Å²) in [5.74, 6) is -1.49. The number of hydrogen-bond donors (Lipinski definition) is 2. The quantitative estimate of drug-likeness (QED) is 0.757. The van der Waals surface area contributed by atoms with Crippen molar-refractivity contribution in [1.29, 1.82) is 0 Å². The number of hydrogen-bond acceptors (Lipinski definition) is 3. The molecule has 16 heavy (non-hydrogen) atoms. The zero-order chi connectivity index (χ0) is 11.7. The van der Waals surface area contributed by atoms with Gasteiger partial charge in [-0.05, 0) is 19.4 Å². The van der Waals surface area contributed by atoms with Crippen molar-refractivity contribution in [1.82, 2.24) is 15.1 Å². The molecule has 0 spiro atoms. The lowest BCUT2D eigenvalue weighted by Gasteiger charge is -2.22. The number of carbonyl (C=O) groups is 2. The highest BCUT2D eigenvalue weighted by Gasteiger charge is 2.38. The summed E-state index contributed by atoms with van der Waals surface area (Å²) in [6.07, 6.45) is 2.01. The number of carboxylic acids is 1. The molecule has 1 aromatic heterocycles. The summed E-state index contributed by atoms with van der Waals surface area (Å²) >= 11 is 0. The first kappa shape index (κ1) is 10.7. The molecule has 0 radical (unpaired) electrons. The SMILES string of the molecule is CC1C(C(=O)O)CCN1C(=O)c1ccn[nH]1. The van der Waals surface area contributed by atoms with Crippen molar-refractivity contribution in [3.8, 4) is 0 Å². The third-order valence-corrected chi connectivity index (χ3v) is 3.06. The second-order valence-electron chi connectivity index (χ2n) is 3.94. The van der Waals surface area contributed by atoms with Gasteiger partial charge in [0.15, 0.2) is 0 Å². The van der Waals surface area contributed by atoms with Crippen LogP contribution >= 0.6 is 0 Å². The zero-order valence-corrected chi connectivity index (χ0v) is 8.88. The Morgan fingerprint density at radius 2 is 2.38 bits per heavy atom. The van der Waals surface area contributed by atoms with Crippen molar-refractivity contribution < 1.29 is 14.7 Å². The van der Waals surface area contributed by atoms with E-state index in [0.717, 1.165) is 0 Å². The molecule has 1 amide bonds. The summed E-state index contributed by atoms with van der Waals surface area (Å²) in [6.45, 7) is 2.25. The Morgan fingerprint density at radius 1 is 1.62 bits per heavy atom. The fraction of sp³-hybridized carbons (Fsp3) is 0.500. The van der Waals surface area contributed by atoms with Crippen molar-refractivity contribution in [2.24, 2.45) is 5.92 Å². The third-order valence-electron chi connectivity index (χ3n) is 3.06. The largest absolute Gasteiger partial charge is 0.481 e. The molecular formula is C10H13N3O3. The minimum atomic E-state index is -0.840. The molecule has 1 aromatic rings. The van der Waals surface area contributed by atoms with Crippen molar-refractivity contribution in [3.05, 3.63) is 18.0 Å². The van der Waals surface area contributed by atoms with E-state index in [0.29, 0.717) is 18.7 Å². The maximum absolute atomic E-state index is 11.9. The highest BCUT2D eigenvalue weighted by Crippen LogP contribution is 2.25. The molecule has 2 heterocycles. The topological polar surface area (TPSA) is 86.3 Å². The molecule has 1 aliphatic heterocycles. The number of rotatable bonds is 2. The van der Waals surface area contributed by atoms with Crippen LogP contribution in [0.15, 0.2) is 12.3 Å². The first-order chi connectivity index (χ1) is 7.61. The molecule has 6 nitrogen and oxygen atoms in total. The molecule has 2 rings (SSSR count). The van der Waals surface area contributed by atoms with Gasteiger partial charge in [0.05, 0.1) is 5.92 Å². The third kappa shape index (κ3) is 1.66. The van der Waals surface area contributed by atoms with Crippen LogP contribution in [0.1, 0.15) is 23.8 Å². The van der Waals surface area contributed by atoms with Crippen molar-refractivity contribution in [2.45, 2.75) is 19.4 Å². The lowest BCUT2D eigenvalue weighted by Crippen LogP contribution is -2.37. The van der Waals surface area contributed by atoms with Gasteiger partial charge in [-0.25, -0.2) is 0 Å². The molecule has 2 unspecified atom stereocenters. The van der Waals surface area contributed by atoms with Crippen LogP contribution in [0.3, 0.4) is 0 Å². The molecule has 86 valence electrons. The van der Waals surface area contributed by atoms with Gasteiger partial charge in [-0.2, -0.15) is 5.10 Å². The van der Waals surface area contributed by atoms with Gasteiger partial charge >= 0.3 is 5.97 Å². The maximum atomic E-state index is 11.9. The Balaban J connectivity index is 2.13. The smallest absolute Gasteiger partial charge is 0.308 e. The van der Waals surface area contributed by atoms with E-state index in [1.807, 2.05) is 0 Å². The van der Waals surface area contributed by atoms with Gasteiger partial charge in [0.25, 0.3) is 5.91 Å². The second-order valence-corrected chi connectivity index (χ2v) is 3.94. The van der Waals surface area contributed by atoms with Gasteiger partial charge in [-0.15, -0.1) is 0 Å². The summed E-state index contributed by atoms with van der Waals surface area (Å²) in [6, 6.07) is 1.32. The number of carboxylic acid groups (broad SMARTS) is 1. The Bertz CT molecular complexity index is 401. The van der Waals surface area contributed by atoms with E-state index in [4.69, 9.17) is 5.11 Å². The second kappa shape index (κ2) is 3.96. The van der Waals surface area contributed by atoms with Gasteiger partial charge in [0, 0.05) is 18.8 Å². The number of aliphatic carboxylic acids is 1. The summed E-state index contributed by atoms with van der Waals surface area (Å²) in [7, 11) is 0. The van der Waals surface area contributed by atoms with E-state index >= 15 is 0 Å². The summed E-state index contributed by atoms with van der Waals surface area (Å²) in [5.41, 5.74) is 0.401. The highest BCUT2D eigenvalue weighted by atomic mass is 16.4. The first-order valence-electron chi connectivity index (χ1n) is 5.14. The Labute approximate surface area is 92.3 Å². The molecule has 0 saturated carbocycles. The molecule has 1 saturated heterocycles. The Morgan fingerprint density at radius 3 is 2.88 bits per heavy atom. The van der Waals surface area contributed by atoms with Crippen LogP contribution in [0, 0.1) is 5.92 Å². The van der Waals surface area contributed by atoms with Gasteiger partial charge in [0.2, 0.25) is 0 Å². The number of aromatic amines is 1. The molecule has 1 fully saturated rings. The summed E-state index contributed by atoms with van der Waals surface area (Å²) in [5, 5.41) is 15.3. The fourth-order valence-corrected chi connectivity index (χ4v) is 2.09. The van der Waals surface area contributed by atoms with Crippen LogP contribution in [-0.2, 0) is 4.79 Å². The zero-order valence-electron chi connectivity index (χ0n) is 8.88. The van der Waals surface area contributed by atoms with E-state index in [-0.39, 0.29) is 11.9 Å². The number of aromatic nitrogens is 2. The average Bonchev–Trinajstić information content (AvgIpc) is 2.84. The number of nitrogens with zero attached hydrogens (tertiary/aromatic N) is 2. The summed E-state index contributed by atoms with van der Waals surface area (Å²) < 4.78 is 0. The molecular weight excluding hydrogens is 210 g/mol. The maximum Gasteiger partial charge on any atom is 0.308 e.